The molecule has 3 aromatic heterocycles. The molecule has 0 spiro atoms. The second-order valence-electron chi connectivity index (χ2n) is 7.16. The third-order valence-electron chi connectivity index (χ3n) is 4.58. The van der Waals surface area contributed by atoms with E-state index in [2.05, 4.69) is 25.6 Å². The Bertz CT molecular complexity index is 985. The number of nitrogens with one attached hydrogen (secondary N) is 2. The summed E-state index contributed by atoms with van der Waals surface area (Å²) in [6.45, 7) is 7.99. The van der Waals surface area contributed by atoms with Crippen molar-refractivity contribution in [3.05, 3.63) is 42.2 Å². The maximum absolute atomic E-state index is 14.5. The van der Waals surface area contributed by atoms with Crippen LogP contribution in [0.4, 0.5) is 14.6 Å². The average Bonchev–Trinajstić information content (AvgIpc) is 3.30. The second kappa shape index (κ2) is 8.38. The predicted molar refractivity (Wildman–Crippen MR) is 108 cm³/mol. The molecule has 1 aliphatic rings. The third-order valence-corrected chi connectivity index (χ3v) is 4.58. The molecule has 29 heavy (non-hydrogen) atoms. The fraction of sp³-hybridized carbons (Fsp3) is 0.450. The highest BCUT2D eigenvalue weighted by Gasteiger charge is 2.27. The van der Waals surface area contributed by atoms with Crippen LogP contribution in [0.3, 0.4) is 0 Å². The smallest absolute Gasteiger partial charge is 0.155 e. The van der Waals surface area contributed by atoms with E-state index in [-0.39, 0.29) is 12.2 Å². The van der Waals surface area contributed by atoms with Gasteiger partial charge in [0, 0.05) is 19.3 Å². The van der Waals surface area contributed by atoms with Crippen LogP contribution in [-0.2, 0) is 5.60 Å². The zero-order valence-electron chi connectivity index (χ0n) is 16.9. The van der Waals surface area contributed by atoms with Crippen LogP contribution in [0.25, 0.3) is 17.0 Å². The van der Waals surface area contributed by atoms with E-state index in [0.29, 0.717) is 29.4 Å². The first-order valence-corrected chi connectivity index (χ1v) is 9.67. The number of halogens is 2. The van der Waals surface area contributed by atoms with Crippen molar-refractivity contribution in [2.75, 3.05) is 18.4 Å². The van der Waals surface area contributed by atoms with Gasteiger partial charge in [-0.25, -0.2) is 18.7 Å². The van der Waals surface area contributed by atoms with Crippen molar-refractivity contribution in [3.63, 3.8) is 0 Å². The van der Waals surface area contributed by atoms with Gasteiger partial charge in [-0.05, 0) is 26.0 Å². The number of aromatic nitrogens is 4. The Kier molecular flexibility index (Phi) is 6.09. The number of fused-ring (bicyclic) bond motifs is 1. The molecule has 2 unspecified atom stereocenters. The van der Waals surface area contributed by atoms with Crippen molar-refractivity contribution in [3.8, 4) is 11.4 Å². The quantitative estimate of drug-likeness (QED) is 0.620. The van der Waals surface area contributed by atoms with E-state index in [1.807, 2.05) is 13.8 Å². The summed E-state index contributed by atoms with van der Waals surface area (Å²) < 4.78 is 30.0. The lowest BCUT2D eigenvalue weighted by atomic mass is 10.1. The molecule has 9 heteroatoms. The van der Waals surface area contributed by atoms with E-state index < -0.39 is 23.6 Å². The average molecular weight is 404 g/mol. The van der Waals surface area contributed by atoms with Crippen molar-refractivity contribution in [1.82, 2.24) is 24.7 Å². The highest BCUT2D eigenvalue weighted by Crippen LogP contribution is 2.26. The lowest BCUT2D eigenvalue weighted by molar-refractivity contribution is 0.0734. The van der Waals surface area contributed by atoms with Gasteiger partial charge in [0.15, 0.2) is 11.5 Å². The lowest BCUT2D eigenvalue weighted by Gasteiger charge is -2.17. The summed E-state index contributed by atoms with van der Waals surface area (Å²) in [5.41, 5.74) is 0.265. The fourth-order valence-electron chi connectivity index (χ4n) is 3.06. The molecule has 2 atom stereocenters. The van der Waals surface area contributed by atoms with Crippen molar-refractivity contribution in [2.24, 2.45) is 0 Å². The molecule has 3 aromatic rings. The Labute approximate surface area is 168 Å². The van der Waals surface area contributed by atoms with Crippen LogP contribution < -0.4 is 10.6 Å². The van der Waals surface area contributed by atoms with Gasteiger partial charge in [0.25, 0.3) is 0 Å². The normalized spacial score (nSPS) is 19.1. The highest BCUT2D eigenvalue weighted by molar-refractivity contribution is 5.62. The summed E-state index contributed by atoms with van der Waals surface area (Å²) in [6, 6.07) is 2.36. The molecule has 4 rings (SSSR count). The summed E-state index contributed by atoms with van der Waals surface area (Å²) >= 11 is 0. The molecule has 1 aliphatic heterocycles. The van der Waals surface area contributed by atoms with Crippen LogP contribution >= 0.6 is 0 Å². The Balaban J connectivity index is 0.00000117. The summed E-state index contributed by atoms with van der Waals surface area (Å²) in [5, 5.41) is 16.2. The number of anilines is 1. The molecule has 156 valence electrons. The van der Waals surface area contributed by atoms with Crippen LogP contribution in [0.15, 0.2) is 30.7 Å². The van der Waals surface area contributed by atoms with Gasteiger partial charge in [-0.2, -0.15) is 0 Å². The van der Waals surface area contributed by atoms with Crippen LogP contribution in [0.2, 0.25) is 0 Å². The maximum atomic E-state index is 14.5. The second-order valence-corrected chi connectivity index (χ2v) is 7.16. The van der Waals surface area contributed by atoms with Gasteiger partial charge >= 0.3 is 0 Å². The summed E-state index contributed by atoms with van der Waals surface area (Å²) in [7, 11) is 0. The first-order valence-electron chi connectivity index (χ1n) is 9.67. The first-order chi connectivity index (χ1) is 13.8. The molecule has 7 nitrogen and oxygen atoms in total. The Morgan fingerprint density at radius 3 is 2.62 bits per heavy atom. The minimum atomic E-state index is -1.16. The molecule has 0 aromatic carbocycles. The van der Waals surface area contributed by atoms with Gasteiger partial charge in [0.2, 0.25) is 0 Å². The minimum Gasteiger partial charge on any atom is -0.384 e. The van der Waals surface area contributed by atoms with Crippen LogP contribution in [0.1, 0.15) is 33.4 Å². The Morgan fingerprint density at radius 2 is 1.97 bits per heavy atom. The Morgan fingerprint density at radius 1 is 1.21 bits per heavy atom. The number of hydrogen-bond acceptors (Lipinski definition) is 6. The summed E-state index contributed by atoms with van der Waals surface area (Å²) in [4.78, 5) is 12.7. The van der Waals surface area contributed by atoms with Crippen molar-refractivity contribution < 1.29 is 13.9 Å². The number of imidazole rings is 1. The van der Waals surface area contributed by atoms with E-state index >= 15 is 0 Å². The Hall–Kier alpha value is -2.65. The van der Waals surface area contributed by atoms with Crippen molar-refractivity contribution in [2.45, 2.75) is 45.5 Å². The number of pyridine rings is 1. The zero-order valence-corrected chi connectivity index (χ0v) is 16.9. The van der Waals surface area contributed by atoms with Gasteiger partial charge in [0.1, 0.15) is 23.3 Å². The molecule has 0 amide bonds. The van der Waals surface area contributed by atoms with Crippen molar-refractivity contribution in [1.29, 1.82) is 0 Å². The van der Waals surface area contributed by atoms with E-state index in [4.69, 9.17) is 0 Å². The monoisotopic (exact) mass is 404 g/mol. The van der Waals surface area contributed by atoms with E-state index in [1.165, 1.54) is 24.5 Å². The van der Waals surface area contributed by atoms with E-state index in [0.717, 1.165) is 0 Å². The van der Waals surface area contributed by atoms with Crippen LogP contribution in [0.5, 0.6) is 0 Å². The minimum absolute atomic E-state index is 0.0850. The molecule has 0 bridgehead atoms. The zero-order chi connectivity index (χ0) is 21.2. The van der Waals surface area contributed by atoms with Crippen molar-refractivity contribution >= 4 is 11.5 Å². The fourth-order valence-corrected chi connectivity index (χ4v) is 3.06. The topological polar surface area (TPSA) is 87.4 Å². The third kappa shape index (κ3) is 4.35. The molecule has 0 radical (unpaired) electrons. The molecule has 4 heterocycles. The number of rotatable bonds is 4. The van der Waals surface area contributed by atoms with Crippen LogP contribution in [-0.4, -0.2) is 49.8 Å². The number of alkyl halides is 1. The molecular formula is C20H26F2N6O. The SMILES string of the molecule is CC.CC(C)(O)c1cn2c(-c3nc(NC4CNCC4F)ccc3F)cnc2cn1. The maximum Gasteiger partial charge on any atom is 0.155 e. The standard InChI is InChI=1S/C18H20F2N6O.C2H6/c1-18(2,27)14-9-26-13(7-23-16(26)8-22-14)17-10(19)3-4-15(25-17)24-12-6-21-5-11(12)20;1-2/h3-4,7-9,11-12,21,27H,5-6H2,1-2H3,(H,24,25);1-2H3. The predicted octanol–water partition coefficient (Wildman–Crippen LogP) is 2.91. The summed E-state index contributed by atoms with van der Waals surface area (Å²) in [5.74, 6) is -0.139. The molecule has 0 aliphatic carbocycles. The van der Waals surface area contributed by atoms with Gasteiger partial charge in [-0.15, -0.1) is 0 Å². The molecule has 1 fully saturated rings. The van der Waals surface area contributed by atoms with E-state index in [1.54, 1.807) is 24.4 Å². The number of nitrogens with zero attached hydrogens (tertiary/aromatic N) is 4. The highest BCUT2D eigenvalue weighted by atomic mass is 19.1. The molecule has 0 saturated carbocycles. The lowest BCUT2D eigenvalue weighted by Crippen LogP contribution is -2.29. The first kappa shape index (κ1) is 21.1. The van der Waals surface area contributed by atoms with Gasteiger partial charge in [-0.3, -0.25) is 9.38 Å². The largest absolute Gasteiger partial charge is 0.384 e. The molecule has 1 saturated heterocycles. The number of hydrogen-bond donors (Lipinski definition) is 3. The van der Waals surface area contributed by atoms with Gasteiger partial charge < -0.3 is 15.7 Å². The molecular weight excluding hydrogens is 378 g/mol. The summed E-state index contributed by atoms with van der Waals surface area (Å²) in [6.07, 6.45) is 3.58. The molecule has 3 N–H and O–H groups in total. The number of aliphatic hydroxyl groups is 1. The van der Waals surface area contributed by atoms with E-state index in [9.17, 15) is 13.9 Å². The van der Waals surface area contributed by atoms with Crippen LogP contribution in [0, 0.1) is 5.82 Å². The van der Waals surface area contributed by atoms with Gasteiger partial charge in [0.05, 0.1) is 29.8 Å². The van der Waals surface area contributed by atoms with Gasteiger partial charge in [-0.1, -0.05) is 13.8 Å².